The predicted octanol–water partition coefficient (Wildman–Crippen LogP) is 2.11. The summed E-state index contributed by atoms with van der Waals surface area (Å²) in [6.07, 6.45) is 1.29. The molecule has 0 saturated carbocycles. The fourth-order valence-corrected chi connectivity index (χ4v) is 3.19. The lowest BCUT2D eigenvalue weighted by Crippen LogP contribution is -2.27. The highest BCUT2D eigenvalue weighted by molar-refractivity contribution is 6.45. The molecule has 0 spiro atoms. The monoisotopic (exact) mass is 404 g/mol. The second kappa shape index (κ2) is 9.09. The molecule has 0 aliphatic carbocycles. The van der Waals surface area contributed by atoms with Crippen LogP contribution in [0.3, 0.4) is 0 Å². The molecule has 1 aromatic heterocycles. The van der Waals surface area contributed by atoms with Crippen LogP contribution >= 0.6 is 0 Å². The second-order valence-electron chi connectivity index (χ2n) is 7.76. The standard InChI is InChI=1S/C21H28N2O6/c1-13-17(19(26)20(22)27)18-14(23(13)10-5-6-11-24)8-7-9-15(18)28-12-16(25)29-21(2,3)4/h7-9,24H,5-6,10-12H2,1-4H3,(H2,22,27). The molecule has 0 aliphatic rings. The predicted molar refractivity (Wildman–Crippen MR) is 108 cm³/mol. The summed E-state index contributed by atoms with van der Waals surface area (Å²) in [6.45, 7) is 7.27. The maximum atomic E-state index is 12.5. The minimum absolute atomic E-state index is 0.0651. The Hall–Kier alpha value is -2.87. The third kappa shape index (κ3) is 5.35. The van der Waals surface area contributed by atoms with E-state index >= 15 is 0 Å². The zero-order valence-electron chi connectivity index (χ0n) is 17.3. The lowest BCUT2D eigenvalue weighted by Gasteiger charge is -2.19. The van der Waals surface area contributed by atoms with Crippen molar-refractivity contribution in [1.29, 1.82) is 0 Å². The number of ketones is 1. The molecular weight excluding hydrogens is 376 g/mol. The molecule has 1 amide bonds. The van der Waals surface area contributed by atoms with E-state index in [9.17, 15) is 14.4 Å². The molecule has 8 nitrogen and oxygen atoms in total. The number of benzene rings is 1. The first kappa shape index (κ1) is 22.4. The smallest absolute Gasteiger partial charge is 0.344 e. The van der Waals surface area contributed by atoms with Gasteiger partial charge in [-0.15, -0.1) is 0 Å². The van der Waals surface area contributed by atoms with Gasteiger partial charge >= 0.3 is 5.97 Å². The molecule has 1 aromatic carbocycles. The van der Waals surface area contributed by atoms with Crippen LogP contribution in [0.5, 0.6) is 5.75 Å². The van der Waals surface area contributed by atoms with Crippen LogP contribution in [0.15, 0.2) is 18.2 Å². The molecule has 1 heterocycles. The number of carbonyl (C=O) groups is 3. The van der Waals surface area contributed by atoms with Crippen LogP contribution in [0.2, 0.25) is 0 Å². The number of hydrogen-bond donors (Lipinski definition) is 2. The van der Waals surface area contributed by atoms with Crippen molar-refractivity contribution in [3.05, 3.63) is 29.5 Å². The van der Waals surface area contributed by atoms with E-state index in [-0.39, 0.29) is 18.8 Å². The van der Waals surface area contributed by atoms with Gasteiger partial charge in [0.2, 0.25) is 0 Å². The first-order valence-corrected chi connectivity index (χ1v) is 9.48. The zero-order chi connectivity index (χ0) is 21.8. The summed E-state index contributed by atoms with van der Waals surface area (Å²) in [5.74, 6) is -2.13. The molecule has 0 aliphatic heterocycles. The average Bonchev–Trinajstić information content (AvgIpc) is 2.90. The fraction of sp³-hybridized carbons (Fsp3) is 0.476. The molecule has 8 heteroatoms. The van der Waals surface area contributed by atoms with Crippen molar-refractivity contribution >= 4 is 28.6 Å². The van der Waals surface area contributed by atoms with Gasteiger partial charge in [0.1, 0.15) is 11.4 Å². The number of hydrogen-bond acceptors (Lipinski definition) is 6. The van der Waals surface area contributed by atoms with Crippen molar-refractivity contribution < 1.29 is 29.0 Å². The van der Waals surface area contributed by atoms with Crippen molar-refractivity contribution in [2.45, 2.75) is 52.7 Å². The molecule has 0 radical (unpaired) electrons. The highest BCUT2D eigenvalue weighted by Crippen LogP contribution is 2.34. The number of carbonyl (C=O) groups excluding carboxylic acids is 3. The zero-order valence-corrected chi connectivity index (χ0v) is 17.3. The normalized spacial score (nSPS) is 11.5. The highest BCUT2D eigenvalue weighted by atomic mass is 16.6. The van der Waals surface area contributed by atoms with Crippen LogP contribution in [-0.2, 0) is 20.9 Å². The van der Waals surface area contributed by atoms with Crippen LogP contribution in [0.4, 0.5) is 0 Å². The number of aryl methyl sites for hydroxylation is 1. The number of aromatic nitrogens is 1. The number of nitrogens with zero attached hydrogens (tertiary/aromatic N) is 1. The SMILES string of the molecule is Cc1c(C(=O)C(N)=O)c2c(OCC(=O)OC(C)(C)C)cccc2n1CCCCO. The molecule has 2 rings (SSSR count). The van der Waals surface area contributed by atoms with Crippen molar-refractivity contribution in [3.63, 3.8) is 0 Å². The Morgan fingerprint density at radius 1 is 1.17 bits per heavy atom. The number of amides is 1. The van der Waals surface area contributed by atoms with Crippen molar-refractivity contribution in [2.24, 2.45) is 5.73 Å². The summed E-state index contributed by atoms with van der Waals surface area (Å²) >= 11 is 0. The van der Waals surface area contributed by atoms with Gasteiger partial charge in [-0.1, -0.05) is 6.07 Å². The lowest BCUT2D eigenvalue weighted by molar-refractivity contribution is -0.157. The van der Waals surface area contributed by atoms with Crippen molar-refractivity contribution in [2.75, 3.05) is 13.2 Å². The largest absolute Gasteiger partial charge is 0.481 e. The third-order valence-corrected chi connectivity index (χ3v) is 4.32. The average molecular weight is 404 g/mol. The van der Waals surface area contributed by atoms with Crippen LogP contribution in [0, 0.1) is 6.92 Å². The highest BCUT2D eigenvalue weighted by Gasteiger charge is 2.26. The quantitative estimate of drug-likeness (QED) is 0.286. The molecule has 0 saturated heterocycles. The van der Waals surface area contributed by atoms with Gasteiger partial charge in [-0.3, -0.25) is 9.59 Å². The molecule has 2 aromatic rings. The van der Waals surface area contributed by atoms with Gasteiger partial charge in [0.15, 0.2) is 6.61 Å². The summed E-state index contributed by atoms with van der Waals surface area (Å²) in [6, 6.07) is 5.18. The molecule has 3 N–H and O–H groups in total. The number of aliphatic hydroxyl groups is 1. The lowest BCUT2D eigenvalue weighted by atomic mass is 10.1. The molecule has 0 bridgehead atoms. The molecule has 158 valence electrons. The molecular formula is C21H28N2O6. The first-order valence-electron chi connectivity index (χ1n) is 9.48. The van der Waals surface area contributed by atoms with Gasteiger partial charge in [-0.2, -0.15) is 0 Å². The maximum Gasteiger partial charge on any atom is 0.344 e. The summed E-state index contributed by atoms with van der Waals surface area (Å²) in [7, 11) is 0. The Kier molecular flexibility index (Phi) is 7.02. The number of Topliss-reactive ketones (excluding diaryl/α,β-unsaturated/α-hetero) is 1. The fourth-order valence-electron chi connectivity index (χ4n) is 3.19. The number of aliphatic hydroxyl groups excluding tert-OH is 1. The van der Waals surface area contributed by atoms with Crippen LogP contribution in [0.1, 0.15) is 49.7 Å². The number of ether oxygens (including phenoxy) is 2. The van der Waals surface area contributed by atoms with Crippen LogP contribution < -0.4 is 10.5 Å². The van der Waals surface area contributed by atoms with E-state index in [1.54, 1.807) is 45.9 Å². The Labute approximate surface area is 169 Å². The summed E-state index contributed by atoms with van der Waals surface area (Å²) < 4.78 is 12.8. The summed E-state index contributed by atoms with van der Waals surface area (Å²) in [4.78, 5) is 36.2. The van der Waals surface area contributed by atoms with Gasteiger partial charge in [0.25, 0.3) is 11.7 Å². The number of esters is 1. The van der Waals surface area contributed by atoms with Gasteiger partial charge in [-0.25, -0.2) is 4.79 Å². The molecule has 0 atom stereocenters. The number of fused-ring (bicyclic) bond motifs is 1. The Morgan fingerprint density at radius 3 is 2.45 bits per heavy atom. The number of rotatable bonds is 9. The van der Waals surface area contributed by atoms with E-state index in [4.69, 9.17) is 20.3 Å². The number of primary amides is 1. The van der Waals surface area contributed by atoms with E-state index in [1.165, 1.54) is 0 Å². The van der Waals surface area contributed by atoms with E-state index in [0.29, 0.717) is 41.7 Å². The second-order valence-corrected chi connectivity index (χ2v) is 7.76. The third-order valence-electron chi connectivity index (χ3n) is 4.32. The minimum Gasteiger partial charge on any atom is -0.481 e. The van der Waals surface area contributed by atoms with Gasteiger partial charge < -0.3 is 24.9 Å². The van der Waals surface area contributed by atoms with Gasteiger partial charge in [0.05, 0.1) is 16.5 Å². The summed E-state index contributed by atoms with van der Waals surface area (Å²) in [5, 5.41) is 9.48. The Balaban J connectivity index is 2.48. The van der Waals surface area contributed by atoms with Crippen LogP contribution in [-0.4, -0.2) is 46.1 Å². The van der Waals surface area contributed by atoms with E-state index in [2.05, 4.69) is 0 Å². The number of nitrogens with two attached hydrogens (primary N) is 1. The van der Waals surface area contributed by atoms with E-state index in [0.717, 1.165) is 0 Å². The van der Waals surface area contributed by atoms with Gasteiger partial charge in [0, 0.05) is 18.8 Å². The molecule has 0 fully saturated rings. The van der Waals surface area contributed by atoms with Crippen molar-refractivity contribution in [1.82, 2.24) is 4.57 Å². The van der Waals surface area contributed by atoms with Gasteiger partial charge in [-0.05, 0) is 52.7 Å². The topological polar surface area (TPSA) is 121 Å². The Morgan fingerprint density at radius 2 is 1.86 bits per heavy atom. The summed E-state index contributed by atoms with van der Waals surface area (Å²) in [5.41, 5.74) is 6.04. The maximum absolute atomic E-state index is 12.5. The Bertz CT molecular complexity index is 923. The number of unbranched alkanes of at least 4 members (excludes halogenated alkanes) is 1. The van der Waals surface area contributed by atoms with Crippen molar-refractivity contribution in [3.8, 4) is 5.75 Å². The minimum atomic E-state index is -1.07. The van der Waals surface area contributed by atoms with Crippen LogP contribution in [0.25, 0.3) is 10.9 Å². The first-order chi connectivity index (χ1) is 13.6. The molecule has 29 heavy (non-hydrogen) atoms. The van der Waals surface area contributed by atoms with E-state index in [1.807, 2.05) is 4.57 Å². The molecule has 0 unspecified atom stereocenters. The van der Waals surface area contributed by atoms with E-state index < -0.39 is 23.3 Å².